The van der Waals surface area contributed by atoms with E-state index in [1.165, 1.54) is 57.8 Å². The lowest BCUT2D eigenvalue weighted by molar-refractivity contribution is -0.302. The number of aliphatic hydroxyl groups excluding tert-OH is 5. The van der Waals surface area contributed by atoms with E-state index in [1.54, 1.807) is 12.2 Å². The van der Waals surface area contributed by atoms with Crippen LogP contribution in [0.4, 0.5) is 0 Å². The maximum absolute atomic E-state index is 12.8. The summed E-state index contributed by atoms with van der Waals surface area (Å²) >= 11 is 0. The molecule has 1 amide bonds. The second kappa shape index (κ2) is 27.5. The number of hydrogen-bond acceptors (Lipinski definition) is 8. The van der Waals surface area contributed by atoms with Gasteiger partial charge < -0.3 is 40.3 Å². The molecule has 7 atom stereocenters. The number of allylic oxidation sites excluding steroid dienone is 5. The summed E-state index contributed by atoms with van der Waals surface area (Å²) in [5.41, 5.74) is 0. The van der Waals surface area contributed by atoms with Crippen molar-refractivity contribution in [2.75, 3.05) is 13.2 Å². The molecule has 262 valence electrons. The van der Waals surface area contributed by atoms with Crippen LogP contribution in [-0.4, -0.2) is 87.5 Å². The zero-order valence-electron chi connectivity index (χ0n) is 28.1. The Morgan fingerprint density at radius 1 is 0.756 bits per heavy atom. The molecule has 1 fully saturated rings. The summed E-state index contributed by atoms with van der Waals surface area (Å²) in [5.74, 6) is -0.210. The SMILES string of the molecule is CCCCCC/C=C/CCCCCCCC(=O)N[C@@H](CO[C@H]1O[C@@H](CO)[C@H](O)C(O)C1O)[C@H](O)/C=C/C=C/CCCCCCC. The summed E-state index contributed by atoms with van der Waals surface area (Å²) in [6.45, 7) is 3.63. The Morgan fingerprint density at radius 2 is 1.31 bits per heavy atom. The molecular formula is C36H65NO8. The van der Waals surface area contributed by atoms with Crippen LogP contribution < -0.4 is 5.32 Å². The Hall–Kier alpha value is -1.59. The number of amides is 1. The van der Waals surface area contributed by atoms with Crippen LogP contribution in [0.1, 0.15) is 129 Å². The Labute approximate surface area is 272 Å². The third-order valence-corrected chi connectivity index (χ3v) is 8.24. The van der Waals surface area contributed by atoms with Gasteiger partial charge >= 0.3 is 0 Å². The first-order valence-electron chi connectivity index (χ1n) is 17.7. The molecule has 2 unspecified atom stereocenters. The molecule has 9 nitrogen and oxygen atoms in total. The molecule has 1 saturated heterocycles. The van der Waals surface area contributed by atoms with Crippen molar-refractivity contribution in [3.05, 3.63) is 36.5 Å². The monoisotopic (exact) mass is 639 g/mol. The van der Waals surface area contributed by atoms with E-state index < -0.39 is 49.5 Å². The summed E-state index contributed by atoms with van der Waals surface area (Å²) in [6, 6.07) is -0.836. The fourth-order valence-electron chi connectivity index (χ4n) is 5.26. The molecule has 0 aromatic rings. The van der Waals surface area contributed by atoms with Crippen molar-refractivity contribution in [2.24, 2.45) is 0 Å². The summed E-state index contributed by atoms with van der Waals surface area (Å²) in [7, 11) is 0. The van der Waals surface area contributed by atoms with Gasteiger partial charge in [0.2, 0.25) is 5.91 Å². The van der Waals surface area contributed by atoms with Crippen LogP contribution in [0.15, 0.2) is 36.5 Å². The van der Waals surface area contributed by atoms with Gasteiger partial charge in [0.25, 0.3) is 0 Å². The molecule has 0 radical (unpaired) electrons. The Bertz CT molecular complexity index is 802. The smallest absolute Gasteiger partial charge is 0.220 e. The Kier molecular flexibility index (Phi) is 25.3. The minimum atomic E-state index is -1.57. The molecule has 6 N–H and O–H groups in total. The first-order chi connectivity index (χ1) is 21.8. The highest BCUT2D eigenvalue weighted by Crippen LogP contribution is 2.22. The van der Waals surface area contributed by atoms with Gasteiger partial charge in [0.15, 0.2) is 6.29 Å². The highest BCUT2D eigenvalue weighted by atomic mass is 16.7. The number of nitrogens with one attached hydrogen (secondary N) is 1. The summed E-state index contributed by atoms with van der Waals surface area (Å²) in [5, 5.41) is 53.6. The van der Waals surface area contributed by atoms with E-state index in [-0.39, 0.29) is 12.5 Å². The predicted octanol–water partition coefficient (Wildman–Crippen LogP) is 5.38. The van der Waals surface area contributed by atoms with Gasteiger partial charge in [-0.15, -0.1) is 0 Å². The zero-order valence-corrected chi connectivity index (χ0v) is 28.1. The quantitative estimate of drug-likeness (QED) is 0.0399. The molecule has 1 heterocycles. The molecule has 0 aromatic carbocycles. The van der Waals surface area contributed by atoms with Crippen molar-refractivity contribution < 1.29 is 39.8 Å². The minimum absolute atomic E-state index is 0.210. The van der Waals surface area contributed by atoms with Gasteiger partial charge in [0, 0.05) is 6.42 Å². The fraction of sp³-hybridized carbons (Fsp3) is 0.806. The van der Waals surface area contributed by atoms with Crippen LogP contribution in [0, 0.1) is 0 Å². The normalized spacial score (nSPS) is 23.8. The van der Waals surface area contributed by atoms with Gasteiger partial charge in [-0.2, -0.15) is 0 Å². The minimum Gasteiger partial charge on any atom is -0.394 e. The maximum Gasteiger partial charge on any atom is 0.220 e. The van der Waals surface area contributed by atoms with Crippen molar-refractivity contribution >= 4 is 5.91 Å². The molecule has 1 aliphatic heterocycles. The van der Waals surface area contributed by atoms with Crippen LogP contribution in [0.2, 0.25) is 0 Å². The van der Waals surface area contributed by atoms with Crippen LogP contribution in [0.25, 0.3) is 0 Å². The highest BCUT2D eigenvalue weighted by Gasteiger charge is 2.44. The maximum atomic E-state index is 12.8. The van der Waals surface area contributed by atoms with E-state index >= 15 is 0 Å². The van der Waals surface area contributed by atoms with Crippen molar-refractivity contribution in [3.63, 3.8) is 0 Å². The van der Waals surface area contributed by atoms with E-state index in [1.807, 2.05) is 6.08 Å². The lowest BCUT2D eigenvalue weighted by Crippen LogP contribution is -2.60. The van der Waals surface area contributed by atoms with Crippen molar-refractivity contribution in [1.82, 2.24) is 5.32 Å². The zero-order chi connectivity index (χ0) is 33.1. The first kappa shape index (κ1) is 41.4. The molecule has 0 spiro atoms. The van der Waals surface area contributed by atoms with Gasteiger partial charge in [-0.1, -0.05) is 115 Å². The summed E-state index contributed by atoms with van der Waals surface area (Å²) in [6.07, 6.45) is 23.5. The lowest BCUT2D eigenvalue weighted by Gasteiger charge is -2.40. The van der Waals surface area contributed by atoms with Gasteiger partial charge in [-0.05, 0) is 44.9 Å². The molecule has 1 aliphatic rings. The standard InChI is InChI=1S/C36H65NO8/c1-3-5-7-9-11-13-14-15-16-18-20-22-24-26-32(40)37-29(30(39)25-23-21-19-17-12-10-8-6-4-2)28-44-36-35(43)34(42)33(41)31(27-38)45-36/h13-14,19,21,23,25,29-31,33-36,38-39,41-43H,3-12,15-18,20,22,24,26-28H2,1-2H3,(H,37,40)/b14-13+,21-19+,25-23+/t29-,30+,31-,33-,34?,35?,36-/m0/s1. The molecule has 0 saturated carbocycles. The number of carbonyl (C=O) groups excluding carboxylic acids is 1. The molecule has 1 rings (SSSR count). The number of aliphatic hydroxyl groups is 5. The number of carbonyl (C=O) groups is 1. The average molecular weight is 640 g/mol. The molecular weight excluding hydrogens is 574 g/mol. The summed E-state index contributed by atoms with van der Waals surface area (Å²) < 4.78 is 11.1. The summed E-state index contributed by atoms with van der Waals surface area (Å²) in [4.78, 5) is 12.8. The molecule has 0 bridgehead atoms. The van der Waals surface area contributed by atoms with Gasteiger partial charge in [0.05, 0.1) is 25.4 Å². The topological polar surface area (TPSA) is 149 Å². The van der Waals surface area contributed by atoms with Gasteiger partial charge in [-0.25, -0.2) is 0 Å². The van der Waals surface area contributed by atoms with Crippen molar-refractivity contribution in [3.8, 4) is 0 Å². The van der Waals surface area contributed by atoms with Crippen molar-refractivity contribution in [1.29, 1.82) is 0 Å². The first-order valence-corrected chi connectivity index (χ1v) is 17.7. The van der Waals surface area contributed by atoms with Crippen LogP contribution in [0.3, 0.4) is 0 Å². The van der Waals surface area contributed by atoms with Crippen molar-refractivity contribution in [2.45, 2.75) is 172 Å². The molecule has 9 heteroatoms. The van der Waals surface area contributed by atoms with E-state index in [2.05, 4.69) is 37.4 Å². The third kappa shape index (κ3) is 19.6. The lowest BCUT2D eigenvalue weighted by atomic mass is 9.99. The second-order valence-electron chi connectivity index (χ2n) is 12.3. The molecule has 0 aliphatic carbocycles. The predicted molar refractivity (Wildman–Crippen MR) is 180 cm³/mol. The Morgan fingerprint density at radius 3 is 1.93 bits per heavy atom. The number of hydrogen-bond donors (Lipinski definition) is 6. The van der Waals surface area contributed by atoms with E-state index in [0.717, 1.165) is 51.4 Å². The van der Waals surface area contributed by atoms with E-state index in [0.29, 0.717) is 6.42 Å². The van der Waals surface area contributed by atoms with E-state index in [4.69, 9.17) is 9.47 Å². The number of unbranched alkanes of at least 4 members (excludes halogenated alkanes) is 14. The van der Waals surface area contributed by atoms with E-state index in [9.17, 15) is 30.3 Å². The molecule has 45 heavy (non-hydrogen) atoms. The highest BCUT2D eigenvalue weighted by molar-refractivity contribution is 5.76. The van der Waals surface area contributed by atoms with Crippen LogP contribution in [-0.2, 0) is 14.3 Å². The van der Waals surface area contributed by atoms with Crippen LogP contribution >= 0.6 is 0 Å². The number of ether oxygens (including phenoxy) is 2. The second-order valence-corrected chi connectivity index (χ2v) is 12.3. The largest absolute Gasteiger partial charge is 0.394 e. The number of rotatable bonds is 27. The third-order valence-electron chi connectivity index (χ3n) is 8.24. The average Bonchev–Trinajstić information content (AvgIpc) is 3.04. The Balaban J connectivity index is 2.52. The molecule has 0 aromatic heterocycles. The fourth-order valence-corrected chi connectivity index (χ4v) is 5.26. The van der Waals surface area contributed by atoms with Gasteiger partial charge in [-0.3, -0.25) is 4.79 Å². The van der Waals surface area contributed by atoms with Crippen LogP contribution in [0.5, 0.6) is 0 Å². The van der Waals surface area contributed by atoms with Gasteiger partial charge in [0.1, 0.15) is 24.4 Å².